The maximum Gasteiger partial charge on any atom is 0.405 e. The van der Waals surface area contributed by atoms with Crippen LogP contribution in [0.5, 0.6) is 0 Å². The van der Waals surface area contributed by atoms with Crippen molar-refractivity contribution < 1.29 is 26.7 Å². The van der Waals surface area contributed by atoms with E-state index >= 15 is 0 Å². The minimum absolute atomic E-state index is 0. The average Bonchev–Trinajstić information content (AvgIpc) is 2.54. The first kappa shape index (κ1) is 22.9. The number of nitrogens with zero attached hydrogens (tertiary/aromatic N) is 1. The van der Waals surface area contributed by atoms with Crippen LogP contribution in [0.4, 0.5) is 22.0 Å². The van der Waals surface area contributed by atoms with Gasteiger partial charge in [0, 0.05) is 37.6 Å². The highest BCUT2D eigenvalue weighted by molar-refractivity contribution is 7.99. The van der Waals surface area contributed by atoms with Crippen molar-refractivity contribution in [1.82, 2.24) is 15.5 Å². The molecule has 1 unspecified atom stereocenters. The van der Waals surface area contributed by atoms with Gasteiger partial charge in [0.05, 0.1) is 5.56 Å². The zero-order valence-corrected chi connectivity index (χ0v) is 15.2. The molecule has 1 atom stereocenters. The monoisotopic (exact) mass is 419 g/mol. The number of carbonyl (C=O) groups is 1. The number of benzene rings is 1. The fourth-order valence-corrected chi connectivity index (χ4v) is 3.22. The van der Waals surface area contributed by atoms with Crippen molar-refractivity contribution in [3.8, 4) is 0 Å². The number of alkyl halides is 5. The van der Waals surface area contributed by atoms with Crippen LogP contribution in [0.2, 0.25) is 0 Å². The normalized spacial score (nSPS) is 16.8. The summed E-state index contributed by atoms with van der Waals surface area (Å²) in [5.74, 6) is -3.52. The predicted molar refractivity (Wildman–Crippen MR) is 92.2 cm³/mol. The average molecular weight is 420 g/mol. The van der Waals surface area contributed by atoms with E-state index in [9.17, 15) is 26.7 Å². The first-order valence-corrected chi connectivity index (χ1v) is 8.50. The third kappa shape index (κ3) is 6.57. The molecular weight excluding hydrogens is 401 g/mol. The Labute approximate surface area is 158 Å². The maximum absolute atomic E-state index is 13.3. The fraction of sp³-hybridized carbons (Fsp3) is 0.533. The quantitative estimate of drug-likeness (QED) is 0.549. The van der Waals surface area contributed by atoms with E-state index in [2.05, 4.69) is 10.6 Å². The molecule has 1 fully saturated rings. The summed E-state index contributed by atoms with van der Waals surface area (Å²) in [6.45, 7) is 0.689. The van der Waals surface area contributed by atoms with Crippen molar-refractivity contribution in [2.45, 2.75) is 22.9 Å². The van der Waals surface area contributed by atoms with E-state index in [-0.39, 0.29) is 47.7 Å². The molecular formula is C15H19ClF5N3OS. The van der Waals surface area contributed by atoms with Crippen molar-refractivity contribution in [3.05, 3.63) is 29.8 Å². The van der Waals surface area contributed by atoms with Gasteiger partial charge in [-0.05, 0) is 12.1 Å². The Balaban J connectivity index is 0.00000338. The molecule has 1 aliphatic rings. The van der Waals surface area contributed by atoms with Crippen LogP contribution in [0, 0.1) is 0 Å². The molecule has 2 rings (SSSR count). The summed E-state index contributed by atoms with van der Waals surface area (Å²) in [7, 11) is 0. The minimum Gasteiger partial charge on any atom is -0.350 e. The van der Waals surface area contributed by atoms with Gasteiger partial charge in [-0.25, -0.2) is 0 Å². The SMILES string of the molecule is Cl.O=C(NCC(N1CCNCC1)C(F)(F)F)c1ccccc1SC(F)F. The van der Waals surface area contributed by atoms with Gasteiger partial charge in [-0.2, -0.15) is 22.0 Å². The molecule has 26 heavy (non-hydrogen) atoms. The molecule has 1 heterocycles. The second-order valence-corrected chi connectivity index (χ2v) is 6.46. The van der Waals surface area contributed by atoms with Gasteiger partial charge in [0.25, 0.3) is 11.7 Å². The third-order valence-corrected chi connectivity index (χ3v) is 4.56. The Morgan fingerprint density at radius 1 is 1.23 bits per heavy atom. The number of halogens is 6. The number of rotatable bonds is 6. The lowest BCUT2D eigenvalue weighted by Gasteiger charge is -2.35. The summed E-state index contributed by atoms with van der Waals surface area (Å²) in [4.78, 5) is 13.5. The summed E-state index contributed by atoms with van der Waals surface area (Å²) in [6.07, 6.45) is -4.50. The highest BCUT2D eigenvalue weighted by atomic mass is 35.5. The van der Waals surface area contributed by atoms with Gasteiger partial charge in [-0.1, -0.05) is 23.9 Å². The lowest BCUT2D eigenvalue weighted by atomic mass is 10.1. The lowest BCUT2D eigenvalue weighted by molar-refractivity contribution is -0.183. The Bertz CT molecular complexity index is 585. The summed E-state index contributed by atoms with van der Waals surface area (Å²) in [5.41, 5.74) is -0.0611. The molecule has 11 heteroatoms. The topological polar surface area (TPSA) is 44.4 Å². The van der Waals surface area contributed by atoms with Gasteiger partial charge in [-0.15, -0.1) is 12.4 Å². The molecule has 1 aromatic carbocycles. The summed E-state index contributed by atoms with van der Waals surface area (Å²) >= 11 is 0.186. The molecule has 0 aromatic heterocycles. The van der Waals surface area contributed by atoms with Crippen molar-refractivity contribution >= 4 is 30.1 Å². The fourth-order valence-electron chi connectivity index (χ4n) is 2.58. The summed E-state index contributed by atoms with van der Waals surface area (Å²) in [5, 5.41) is 5.20. The van der Waals surface area contributed by atoms with E-state index in [0.29, 0.717) is 13.1 Å². The molecule has 0 saturated carbocycles. The number of hydrogen-bond acceptors (Lipinski definition) is 4. The summed E-state index contributed by atoms with van der Waals surface area (Å²) in [6, 6.07) is 3.80. The van der Waals surface area contributed by atoms with Crippen LogP contribution < -0.4 is 10.6 Å². The Morgan fingerprint density at radius 3 is 2.42 bits per heavy atom. The van der Waals surface area contributed by atoms with Crippen LogP contribution in [-0.4, -0.2) is 61.5 Å². The van der Waals surface area contributed by atoms with Gasteiger partial charge >= 0.3 is 6.18 Å². The Kier molecular flexibility index (Phi) is 9.08. The van der Waals surface area contributed by atoms with E-state index in [4.69, 9.17) is 0 Å². The number of piperazine rings is 1. The molecule has 0 aliphatic carbocycles. The molecule has 4 nitrogen and oxygen atoms in total. The largest absolute Gasteiger partial charge is 0.405 e. The summed E-state index contributed by atoms with van der Waals surface area (Å²) < 4.78 is 65.0. The molecule has 0 radical (unpaired) electrons. The highest BCUT2D eigenvalue weighted by Gasteiger charge is 2.43. The van der Waals surface area contributed by atoms with E-state index in [0.717, 1.165) is 0 Å². The Morgan fingerprint density at radius 2 is 1.85 bits per heavy atom. The van der Waals surface area contributed by atoms with Gasteiger partial charge in [0.1, 0.15) is 6.04 Å². The van der Waals surface area contributed by atoms with Gasteiger partial charge in [0.2, 0.25) is 0 Å². The standard InChI is InChI=1S/C15H18F5N3OS.ClH/c16-14(17)25-11-4-2-1-3-10(11)13(24)22-9-12(15(18,19)20)23-7-5-21-6-8-23;/h1-4,12,14,21H,5-9H2,(H,22,24);1H. The molecule has 1 saturated heterocycles. The lowest BCUT2D eigenvalue weighted by Crippen LogP contribution is -2.57. The third-order valence-electron chi connectivity index (χ3n) is 3.77. The predicted octanol–water partition coefficient (Wildman–Crippen LogP) is 2.99. The van der Waals surface area contributed by atoms with E-state index in [1.165, 1.54) is 29.2 Å². The van der Waals surface area contributed by atoms with Crippen molar-refractivity contribution in [2.75, 3.05) is 32.7 Å². The van der Waals surface area contributed by atoms with E-state index < -0.39 is 30.4 Å². The second-order valence-electron chi connectivity index (χ2n) is 5.43. The van der Waals surface area contributed by atoms with E-state index in [1.807, 2.05) is 0 Å². The molecule has 0 spiro atoms. The van der Waals surface area contributed by atoms with Crippen LogP contribution in [0.15, 0.2) is 29.2 Å². The number of amides is 1. The first-order chi connectivity index (χ1) is 11.8. The molecule has 148 valence electrons. The molecule has 1 aromatic rings. The molecule has 1 amide bonds. The van der Waals surface area contributed by atoms with E-state index in [1.54, 1.807) is 0 Å². The van der Waals surface area contributed by atoms with Crippen LogP contribution >= 0.6 is 24.2 Å². The zero-order chi connectivity index (χ0) is 18.4. The van der Waals surface area contributed by atoms with Crippen LogP contribution in [0.25, 0.3) is 0 Å². The van der Waals surface area contributed by atoms with Crippen molar-refractivity contribution in [2.24, 2.45) is 0 Å². The smallest absolute Gasteiger partial charge is 0.350 e. The number of thioether (sulfide) groups is 1. The van der Waals surface area contributed by atoms with Crippen LogP contribution in [0.1, 0.15) is 10.4 Å². The zero-order valence-electron chi connectivity index (χ0n) is 13.6. The minimum atomic E-state index is -4.50. The maximum atomic E-state index is 13.3. The van der Waals surface area contributed by atoms with Gasteiger partial charge in [0.15, 0.2) is 0 Å². The Hall–Kier alpha value is -1.10. The number of nitrogens with one attached hydrogen (secondary N) is 2. The second kappa shape index (κ2) is 10.3. The molecule has 2 N–H and O–H groups in total. The van der Waals surface area contributed by atoms with Gasteiger partial charge in [-0.3, -0.25) is 9.69 Å². The highest BCUT2D eigenvalue weighted by Crippen LogP contribution is 2.29. The van der Waals surface area contributed by atoms with Crippen LogP contribution in [0.3, 0.4) is 0 Å². The van der Waals surface area contributed by atoms with Gasteiger partial charge < -0.3 is 10.6 Å². The number of carbonyl (C=O) groups excluding carboxylic acids is 1. The van der Waals surface area contributed by atoms with Crippen LogP contribution in [-0.2, 0) is 0 Å². The first-order valence-electron chi connectivity index (χ1n) is 7.62. The molecule has 0 bridgehead atoms. The molecule has 1 aliphatic heterocycles. The van der Waals surface area contributed by atoms with Crippen molar-refractivity contribution in [3.63, 3.8) is 0 Å². The van der Waals surface area contributed by atoms with Crippen molar-refractivity contribution in [1.29, 1.82) is 0 Å². The number of hydrogen-bond donors (Lipinski definition) is 2.